The number of nitrogens with one attached hydrogen (secondary N) is 1. The summed E-state index contributed by atoms with van der Waals surface area (Å²) in [6, 6.07) is 6.10. The van der Waals surface area contributed by atoms with Crippen LogP contribution in [0.4, 0.5) is 0 Å². The van der Waals surface area contributed by atoms with Crippen LogP contribution in [0.1, 0.15) is 25.8 Å². The Hall–Kier alpha value is -1.22. The fourth-order valence-electron chi connectivity index (χ4n) is 1.62. The van der Waals surface area contributed by atoms with E-state index >= 15 is 0 Å². The molecule has 0 aliphatic carbocycles. The van der Waals surface area contributed by atoms with Crippen LogP contribution in [-0.4, -0.2) is 26.8 Å². The quantitative estimate of drug-likeness (QED) is 0.825. The lowest BCUT2D eigenvalue weighted by Gasteiger charge is -2.24. The summed E-state index contributed by atoms with van der Waals surface area (Å²) in [5, 5.41) is 3.31. The molecule has 0 bridgehead atoms. The maximum atomic E-state index is 5.29. The van der Waals surface area contributed by atoms with Crippen molar-refractivity contribution in [3.63, 3.8) is 0 Å². The van der Waals surface area contributed by atoms with Gasteiger partial charge in [0.25, 0.3) is 0 Å². The lowest BCUT2D eigenvalue weighted by atomic mass is 9.95. The summed E-state index contributed by atoms with van der Waals surface area (Å²) in [4.78, 5) is 0. The van der Waals surface area contributed by atoms with Crippen LogP contribution in [0.5, 0.6) is 11.5 Å². The fraction of sp³-hybridized carbons (Fsp3) is 0.571. The van der Waals surface area contributed by atoms with Gasteiger partial charge in [0.15, 0.2) is 11.5 Å². The minimum Gasteiger partial charge on any atom is -0.493 e. The molecule has 0 fully saturated rings. The van der Waals surface area contributed by atoms with Crippen LogP contribution in [0, 0.1) is 0 Å². The zero-order valence-corrected chi connectivity index (χ0v) is 11.5. The minimum atomic E-state index is 0.160. The molecular formula is C14H23NO2. The predicted octanol–water partition coefficient (Wildman–Crippen LogP) is 2.63. The van der Waals surface area contributed by atoms with Gasteiger partial charge < -0.3 is 14.8 Å². The Morgan fingerprint density at radius 3 is 2.29 bits per heavy atom. The van der Waals surface area contributed by atoms with E-state index in [0.717, 1.165) is 24.3 Å². The number of aryl methyl sites for hydroxylation is 1. The van der Waals surface area contributed by atoms with E-state index in [2.05, 4.69) is 25.2 Å². The van der Waals surface area contributed by atoms with Crippen LogP contribution in [0.2, 0.25) is 0 Å². The van der Waals surface area contributed by atoms with Gasteiger partial charge in [-0.1, -0.05) is 6.07 Å². The maximum Gasteiger partial charge on any atom is 0.160 e. The molecule has 0 aromatic heterocycles. The van der Waals surface area contributed by atoms with Crippen LogP contribution in [0.15, 0.2) is 18.2 Å². The summed E-state index contributed by atoms with van der Waals surface area (Å²) in [5.74, 6) is 1.58. The summed E-state index contributed by atoms with van der Waals surface area (Å²) in [6.45, 7) is 4.40. The predicted molar refractivity (Wildman–Crippen MR) is 71.0 cm³/mol. The molecule has 0 spiro atoms. The summed E-state index contributed by atoms with van der Waals surface area (Å²) >= 11 is 0. The lowest BCUT2D eigenvalue weighted by molar-refractivity contribution is 0.353. The third kappa shape index (κ3) is 3.93. The molecule has 1 aromatic rings. The van der Waals surface area contributed by atoms with Gasteiger partial charge in [-0.05, 0) is 51.4 Å². The van der Waals surface area contributed by atoms with Crippen molar-refractivity contribution in [2.75, 3.05) is 21.3 Å². The molecule has 0 unspecified atom stereocenters. The van der Waals surface area contributed by atoms with Gasteiger partial charge >= 0.3 is 0 Å². The van der Waals surface area contributed by atoms with E-state index in [1.807, 2.05) is 19.2 Å². The van der Waals surface area contributed by atoms with Crippen molar-refractivity contribution in [1.29, 1.82) is 0 Å². The third-order valence-electron chi connectivity index (χ3n) is 3.16. The number of ether oxygens (including phenoxy) is 2. The molecule has 0 aliphatic heterocycles. The van der Waals surface area contributed by atoms with Crippen molar-refractivity contribution >= 4 is 0 Å². The standard InChI is InChI=1S/C14H23NO2/c1-14(2,15-3)9-8-11-6-7-12(16-4)13(10-11)17-5/h6-7,10,15H,8-9H2,1-5H3. The third-order valence-corrected chi connectivity index (χ3v) is 3.16. The summed E-state index contributed by atoms with van der Waals surface area (Å²) in [7, 11) is 5.31. The average Bonchev–Trinajstić information content (AvgIpc) is 2.36. The highest BCUT2D eigenvalue weighted by Crippen LogP contribution is 2.28. The fourth-order valence-corrected chi connectivity index (χ4v) is 1.62. The molecule has 0 saturated heterocycles. The van der Waals surface area contributed by atoms with E-state index in [9.17, 15) is 0 Å². The smallest absolute Gasteiger partial charge is 0.160 e. The first-order chi connectivity index (χ1) is 8.02. The highest BCUT2D eigenvalue weighted by molar-refractivity contribution is 5.42. The minimum absolute atomic E-state index is 0.160. The second kappa shape index (κ2) is 5.92. The molecule has 0 atom stereocenters. The van der Waals surface area contributed by atoms with E-state index in [1.165, 1.54) is 5.56 Å². The Labute approximate surface area is 104 Å². The number of methoxy groups -OCH3 is 2. The Morgan fingerprint density at radius 2 is 1.76 bits per heavy atom. The number of hydrogen-bond acceptors (Lipinski definition) is 3. The van der Waals surface area contributed by atoms with Crippen LogP contribution in [-0.2, 0) is 6.42 Å². The Morgan fingerprint density at radius 1 is 1.12 bits per heavy atom. The summed E-state index contributed by atoms with van der Waals surface area (Å²) in [6.07, 6.45) is 2.10. The van der Waals surface area contributed by atoms with Gasteiger partial charge in [-0.2, -0.15) is 0 Å². The molecule has 96 valence electrons. The number of benzene rings is 1. The normalized spacial score (nSPS) is 11.4. The first kappa shape index (κ1) is 13.8. The van der Waals surface area contributed by atoms with Gasteiger partial charge in [0.2, 0.25) is 0 Å². The van der Waals surface area contributed by atoms with Gasteiger partial charge in [0.05, 0.1) is 14.2 Å². The van der Waals surface area contributed by atoms with Crippen molar-refractivity contribution in [3.8, 4) is 11.5 Å². The number of rotatable bonds is 6. The van der Waals surface area contributed by atoms with E-state index < -0.39 is 0 Å². The topological polar surface area (TPSA) is 30.5 Å². The highest BCUT2D eigenvalue weighted by Gasteiger charge is 2.14. The molecule has 0 aliphatic rings. The van der Waals surface area contributed by atoms with Gasteiger partial charge in [-0.25, -0.2) is 0 Å². The molecule has 3 nitrogen and oxygen atoms in total. The molecule has 1 aromatic carbocycles. The molecule has 0 radical (unpaired) electrons. The SMILES string of the molecule is CNC(C)(C)CCc1ccc(OC)c(OC)c1. The molecule has 1 N–H and O–H groups in total. The largest absolute Gasteiger partial charge is 0.493 e. The number of hydrogen-bond donors (Lipinski definition) is 1. The summed E-state index contributed by atoms with van der Waals surface area (Å²) in [5.41, 5.74) is 1.43. The lowest BCUT2D eigenvalue weighted by Crippen LogP contribution is -2.36. The van der Waals surface area contributed by atoms with Gasteiger partial charge in [0.1, 0.15) is 0 Å². The first-order valence-corrected chi connectivity index (χ1v) is 5.92. The van der Waals surface area contributed by atoms with Crippen LogP contribution < -0.4 is 14.8 Å². The maximum absolute atomic E-state index is 5.29. The molecule has 0 saturated carbocycles. The van der Waals surface area contributed by atoms with Crippen molar-refractivity contribution < 1.29 is 9.47 Å². The van der Waals surface area contributed by atoms with Crippen LogP contribution >= 0.6 is 0 Å². The molecule has 1 rings (SSSR count). The second-order valence-electron chi connectivity index (χ2n) is 4.82. The highest BCUT2D eigenvalue weighted by atomic mass is 16.5. The van der Waals surface area contributed by atoms with Gasteiger partial charge in [-0.3, -0.25) is 0 Å². The van der Waals surface area contributed by atoms with Crippen molar-refractivity contribution in [3.05, 3.63) is 23.8 Å². The first-order valence-electron chi connectivity index (χ1n) is 5.92. The van der Waals surface area contributed by atoms with Crippen molar-refractivity contribution in [2.24, 2.45) is 0 Å². The second-order valence-corrected chi connectivity index (χ2v) is 4.82. The van der Waals surface area contributed by atoms with Crippen LogP contribution in [0.3, 0.4) is 0 Å². The Balaban J connectivity index is 2.73. The van der Waals surface area contributed by atoms with E-state index in [4.69, 9.17) is 9.47 Å². The van der Waals surface area contributed by atoms with E-state index in [-0.39, 0.29) is 5.54 Å². The monoisotopic (exact) mass is 237 g/mol. The molecule has 17 heavy (non-hydrogen) atoms. The van der Waals surface area contributed by atoms with Crippen molar-refractivity contribution in [1.82, 2.24) is 5.32 Å². The van der Waals surface area contributed by atoms with Gasteiger partial charge in [-0.15, -0.1) is 0 Å². The zero-order valence-electron chi connectivity index (χ0n) is 11.5. The van der Waals surface area contributed by atoms with Crippen molar-refractivity contribution in [2.45, 2.75) is 32.2 Å². The Kier molecular flexibility index (Phi) is 4.82. The zero-order chi connectivity index (χ0) is 12.9. The average molecular weight is 237 g/mol. The van der Waals surface area contributed by atoms with Gasteiger partial charge in [0, 0.05) is 5.54 Å². The van der Waals surface area contributed by atoms with E-state index in [1.54, 1.807) is 14.2 Å². The molecule has 0 amide bonds. The van der Waals surface area contributed by atoms with Crippen LogP contribution in [0.25, 0.3) is 0 Å². The molecule has 0 heterocycles. The summed E-state index contributed by atoms with van der Waals surface area (Å²) < 4.78 is 10.5. The Bertz CT molecular complexity index is 361. The molecule has 3 heteroatoms. The molecular weight excluding hydrogens is 214 g/mol. The van der Waals surface area contributed by atoms with E-state index in [0.29, 0.717) is 0 Å².